The van der Waals surface area contributed by atoms with Gasteiger partial charge in [-0.1, -0.05) is 19.9 Å². The van der Waals surface area contributed by atoms with E-state index in [9.17, 15) is 34.5 Å². The number of aliphatic hydroxyl groups is 3. The summed E-state index contributed by atoms with van der Waals surface area (Å²) in [5.41, 5.74) is -9.47. The van der Waals surface area contributed by atoms with E-state index in [4.69, 9.17) is 42.6 Å². The van der Waals surface area contributed by atoms with Crippen LogP contribution in [-0.2, 0) is 61.8 Å². The monoisotopic (exact) mass is 734 g/mol. The summed E-state index contributed by atoms with van der Waals surface area (Å²) >= 11 is 0. The second kappa shape index (κ2) is 11.0. The van der Waals surface area contributed by atoms with Crippen molar-refractivity contribution in [3.63, 3.8) is 0 Å². The van der Waals surface area contributed by atoms with E-state index in [0.717, 1.165) is 7.11 Å². The van der Waals surface area contributed by atoms with Crippen LogP contribution in [-0.4, -0.2) is 126 Å². The molecule has 7 fully saturated rings. The van der Waals surface area contributed by atoms with Crippen LogP contribution in [0.1, 0.15) is 53.9 Å². The zero-order chi connectivity index (χ0) is 37.6. The molecule has 8 rings (SSSR count). The van der Waals surface area contributed by atoms with Gasteiger partial charge in [-0.3, -0.25) is 9.59 Å². The van der Waals surface area contributed by atoms with Gasteiger partial charge in [-0.15, -0.1) is 0 Å². The Morgan fingerprint density at radius 1 is 1.00 bits per heavy atom. The van der Waals surface area contributed by atoms with Crippen LogP contribution in [0.15, 0.2) is 24.0 Å². The van der Waals surface area contributed by atoms with Crippen molar-refractivity contribution in [2.45, 2.75) is 113 Å². The quantitative estimate of drug-likeness (QED) is 0.138. The molecule has 0 aromatic carbocycles. The molecular formula is C36H46O16. The molecule has 16 heteroatoms. The lowest BCUT2D eigenvalue weighted by Crippen LogP contribution is -2.79. The molecule has 8 aliphatic rings. The Balaban J connectivity index is 1.39. The topological polar surface area (TPSA) is 215 Å². The van der Waals surface area contributed by atoms with Crippen LogP contribution in [0, 0.1) is 34.0 Å². The van der Waals surface area contributed by atoms with Crippen molar-refractivity contribution in [1.82, 2.24) is 0 Å². The van der Waals surface area contributed by atoms with E-state index in [1.807, 2.05) is 0 Å². The molecule has 3 aliphatic carbocycles. The zero-order valence-electron chi connectivity index (χ0n) is 30.1. The highest BCUT2D eigenvalue weighted by Gasteiger charge is 2.97. The third kappa shape index (κ3) is 3.72. The normalized spacial score (nSPS) is 53.1. The summed E-state index contributed by atoms with van der Waals surface area (Å²) in [4.78, 5) is 54.9. The number of allylic oxidation sites excluding steroid dienone is 1. The summed E-state index contributed by atoms with van der Waals surface area (Å²) in [7, 11) is 2.24. The van der Waals surface area contributed by atoms with Crippen molar-refractivity contribution in [3.05, 3.63) is 24.0 Å². The maximum atomic E-state index is 14.3. The fourth-order valence-corrected chi connectivity index (χ4v) is 12.2. The van der Waals surface area contributed by atoms with Gasteiger partial charge < -0.3 is 58.0 Å². The predicted octanol–water partition coefficient (Wildman–Crippen LogP) is 0.187. The van der Waals surface area contributed by atoms with Gasteiger partial charge in [0.2, 0.25) is 6.29 Å². The van der Waals surface area contributed by atoms with Gasteiger partial charge >= 0.3 is 23.9 Å². The van der Waals surface area contributed by atoms with Gasteiger partial charge in [0, 0.05) is 47.0 Å². The van der Waals surface area contributed by atoms with E-state index < -0.39 is 130 Å². The van der Waals surface area contributed by atoms with Crippen LogP contribution in [0.4, 0.5) is 0 Å². The maximum Gasteiger partial charge on any atom is 0.366 e. The number of epoxide rings is 1. The van der Waals surface area contributed by atoms with Gasteiger partial charge in [-0.2, -0.15) is 0 Å². The minimum absolute atomic E-state index is 0.0439. The lowest BCUT2D eigenvalue weighted by atomic mass is 9.37. The van der Waals surface area contributed by atoms with Crippen LogP contribution in [0.2, 0.25) is 0 Å². The van der Waals surface area contributed by atoms with Crippen molar-refractivity contribution in [3.8, 4) is 0 Å². The molecule has 0 aromatic heterocycles. The van der Waals surface area contributed by atoms with Crippen molar-refractivity contribution in [1.29, 1.82) is 0 Å². The highest BCUT2D eigenvalue weighted by atomic mass is 16.7. The van der Waals surface area contributed by atoms with Gasteiger partial charge in [0.1, 0.15) is 28.8 Å². The summed E-state index contributed by atoms with van der Waals surface area (Å²) in [6, 6.07) is 0. The fraction of sp³-hybridized carbons (Fsp3) is 0.778. The van der Waals surface area contributed by atoms with Crippen molar-refractivity contribution in [2.75, 3.05) is 27.4 Å². The highest BCUT2D eigenvalue weighted by Crippen LogP contribution is 2.83. The molecule has 16 nitrogen and oxygen atoms in total. The maximum absolute atomic E-state index is 14.3. The van der Waals surface area contributed by atoms with E-state index in [-0.39, 0.29) is 24.8 Å². The molecule has 3 saturated carbocycles. The molecule has 0 unspecified atom stereocenters. The van der Waals surface area contributed by atoms with Crippen LogP contribution < -0.4 is 0 Å². The molecule has 286 valence electrons. The number of hydrogen-bond donors (Lipinski definition) is 3. The first-order valence-corrected chi connectivity index (χ1v) is 17.8. The lowest BCUT2D eigenvalue weighted by molar-refractivity contribution is -0.314. The molecule has 4 saturated heterocycles. The molecule has 0 aromatic rings. The Labute approximate surface area is 299 Å². The summed E-state index contributed by atoms with van der Waals surface area (Å²) in [6.45, 7) is 7.32. The first-order valence-electron chi connectivity index (χ1n) is 17.8. The van der Waals surface area contributed by atoms with Gasteiger partial charge in [0.25, 0.3) is 5.79 Å². The van der Waals surface area contributed by atoms with Gasteiger partial charge in [-0.05, 0) is 33.3 Å². The predicted molar refractivity (Wildman–Crippen MR) is 169 cm³/mol. The van der Waals surface area contributed by atoms with Gasteiger partial charge in [-0.25, -0.2) is 9.59 Å². The lowest BCUT2D eigenvalue weighted by Gasteiger charge is -2.65. The zero-order valence-corrected chi connectivity index (χ0v) is 30.1. The molecule has 3 N–H and O–H groups in total. The molecule has 16 atom stereocenters. The van der Waals surface area contributed by atoms with Crippen LogP contribution in [0.3, 0.4) is 0 Å². The minimum Gasteiger partial charge on any atom is -0.469 e. The molecule has 5 heterocycles. The number of rotatable bonds is 7. The van der Waals surface area contributed by atoms with Crippen LogP contribution >= 0.6 is 0 Å². The number of hydrogen-bond acceptors (Lipinski definition) is 16. The fourth-order valence-electron chi connectivity index (χ4n) is 12.2. The molecule has 2 bridgehead atoms. The Kier molecular flexibility index (Phi) is 7.58. The SMILES string of the molecule is C/C=C(\C)C(=O)O[C@H]1C[C@@H](OC(=O)CC)[C@@]2(C(=O)OC)CO[C@H]3[C@@H](O)[C@@](C)([C@]45O[C@@]4(C)[C@@H]4C[C@H]5O[C@@H]5OC=C[C@@]54O)[C@H]4[C@]1(CO[C@]4(O)C(=O)OC)[C@@H]32. The summed E-state index contributed by atoms with van der Waals surface area (Å²) < 4.78 is 54.3. The third-order valence-corrected chi connectivity index (χ3v) is 14.4. The second-order valence-electron chi connectivity index (χ2n) is 16.0. The van der Waals surface area contributed by atoms with E-state index in [1.165, 1.54) is 19.4 Å². The minimum atomic E-state index is -2.82. The Morgan fingerprint density at radius 3 is 2.37 bits per heavy atom. The number of esters is 4. The summed E-state index contributed by atoms with van der Waals surface area (Å²) in [5, 5.41) is 37.6. The largest absolute Gasteiger partial charge is 0.469 e. The Morgan fingerprint density at radius 2 is 1.71 bits per heavy atom. The highest BCUT2D eigenvalue weighted by molar-refractivity contribution is 5.88. The van der Waals surface area contributed by atoms with Crippen molar-refractivity contribution < 1.29 is 77.1 Å². The number of carbonyl (C=O) groups excluding carboxylic acids is 4. The third-order valence-electron chi connectivity index (χ3n) is 14.4. The molecule has 1 spiro atoms. The van der Waals surface area contributed by atoms with E-state index in [0.29, 0.717) is 0 Å². The first-order chi connectivity index (χ1) is 24.5. The average molecular weight is 735 g/mol. The number of ether oxygens (including phenoxy) is 9. The number of aliphatic hydroxyl groups excluding tert-OH is 1. The summed E-state index contributed by atoms with van der Waals surface area (Å²) in [5.74, 6) is -9.66. The Hall–Kier alpha value is -3.12. The molecule has 5 aliphatic heterocycles. The van der Waals surface area contributed by atoms with Crippen LogP contribution in [0.25, 0.3) is 0 Å². The Bertz CT molecular complexity index is 1680. The van der Waals surface area contributed by atoms with Crippen molar-refractivity contribution >= 4 is 23.9 Å². The molecule has 0 radical (unpaired) electrons. The number of fused-ring (bicyclic) bond motifs is 7. The number of carbonyl (C=O) groups is 4. The standard InChI is InChI=1S/C36H46O16/c1-8-16(3)25(39)50-18-13-19(49-21(37)9-2)33(27(40)44-6)14-47-22-23(33)32(18)15-48-35(43,28(41)45-7)26(32)30(4,24(22)38)36-20-12-17(31(36,5)52-36)34(42)10-11-46-29(34)51-20/h8,10-11,17-20,22-24,26,29,38,42-43H,9,12-15H2,1-7H3/b16-8+/t17-,18-,19+,20+,22+,23+,24+,26-,29-,30+,31-,32-,33-,34-,35-,36-/m0/s1. The van der Waals surface area contributed by atoms with E-state index >= 15 is 0 Å². The van der Waals surface area contributed by atoms with Crippen molar-refractivity contribution in [2.24, 2.45) is 34.0 Å². The number of methoxy groups -OCH3 is 2. The van der Waals surface area contributed by atoms with Gasteiger partial charge in [0.05, 0.1) is 52.0 Å². The van der Waals surface area contributed by atoms with E-state index in [1.54, 1.807) is 40.7 Å². The first kappa shape index (κ1) is 35.9. The average Bonchev–Trinajstić information content (AvgIpc) is 3.50. The molecule has 0 amide bonds. The van der Waals surface area contributed by atoms with E-state index in [2.05, 4.69) is 0 Å². The molecule has 52 heavy (non-hydrogen) atoms. The van der Waals surface area contributed by atoms with Gasteiger partial charge in [0.15, 0.2) is 5.60 Å². The molecular weight excluding hydrogens is 688 g/mol. The summed E-state index contributed by atoms with van der Waals surface area (Å²) in [6.07, 6.45) is -3.13. The van der Waals surface area contributed by atoms with Crippen LogP contribution in [0.5, 0.6) is 0 Å². The second-order valence-corrected chi connectivity index (χ2v) is 16.0. The smallest absolute Gasteiger partial charge is 0.366 e.